The van der Waals surface area contributed by atoms with Gasteiger partial charge in [0.1, 0.15) is 12.0 Å². The molecule has 2 unspecified atom stereocenters. The first-order chi connectivity index (χ1) is 20.0. The van der Waals surface area contributed by atoms with E-state index in [-0.39, 0.29) is 0 Å². The second-order valence-electron chi connectivity index (χ2n) is 9.76. The summed E-state index contributed by atoms with van der Waals surface area (Å²) >= 11 is 0. The Morgan fingerprint density at radius 1 is 1.14 bits per heavy atom. The number of carbonyl (C=O) groups excluding carboxylic acids is 3. The molecule has 3 aromatic rings. The van der Waals surface area contributed by atoms with Gasteiger partial charge in [-0.3, -0.25) is 14.4 Å². The first kappa shape index (κ1) is 30.3. The molecule has 2 aromatic carbocycles. The number of primary amides is 1. The maximum absolute atomic E-state index is 13.6. The van der Waals surface area contributed by atoms with E-state index in [2.05, 4.69) is 20.0 Å². The van der Waals surface area contributed by atoms with Gasteiger partial charge >= 0.3 is 6.18 Å². The third-order valence-corrected chi connectivity index (χ3v) is 6.55. The summed E-state index contributed by atoms with van der Waals surface area (Å²) in [6.07, 6.45) is -6.36. The molecule has 3 N–H and O–H groups in total. The smallest absolute Gasteiger partial charge is 0.389 e. The predicted octanol–water partition coefficient (Wildman–Crippen LogP) is 3.91. The highest BCUT2D eigenvalue weighted by atomic mass is 19.4. The van der Waals surface area contributed by atoms with Crippen molar-refractivity contribution in [3.63, 3.8) is 0 Å². The number of aliphatic imine (C=N–C) groups is 1. The van der Waals surface area contributed by atoms with Crippen molar-refractivity contribution in [3.05, 3.63) is 77.7 Å². The number of hydrogen-bond donors (Lipinski definition) is 2. The molecular weight excluding hydrogens is 555 g/mol. The molecule has 0 saturated carbocycles. The highest BCUT2D eigenvalue weighted by Crippen LogP contribution is 2.38. The van der Waals surface area contributed by atoms with Crippen LogP contribution in [0.3, 0.4) is 0 Å². The molecule has 0 fully saturated rings. The van der Waals surface area contributed by atoms with Crippen molar-refractivity contribution in [3.8, 4) is 5.75 Å². The second-order valence-corrected chi connectivity index (χ2v) is 9.76. The van der Waals surface area contributed by atoms with Crippen LogP contribution in [0.25, 0.3) is 0 Å². The second kappa shape index (κ2) is 13.3. The van der Waals surface area contributed by atoms with Gasteiger partial charge < -0.3 is 25.2 Å². The van der Waals surface area contributed by atoms with Gasteiger partial charge in [0.25, 0.3) is 5.91 Å². The number of aryl methyl sites for hydroxylation is 1. The summed E-state index contributed by atoms with van der Waals surface area (Å²) in [5.74, 6) is -3.24. The van der Waals surface area contributed by atoms with Crippen LogP contribution in [-0.4, -0.2) is 54.1 Å². The van der Waals surface area contributed by atoms with Crippen LogP contribution < -0.4 is 20.7 Å². The average Bonchev–Trinajstić information content (AvgIpc) is 3.28. The van der Waals surface area contributed by atoms with Gasteiger partial charge in [0.2, 0.25) is 18.0 Å². The van der Waals surface area contributed by atoms with Crippen molar-refractivity contribution in [1.82, 2.24) is 10.5 Å². The lowest BCUT2D eigenvalue weighted by Crippen LogP contribution is -2.49. The van der Waals surface area contributed by atoms with E-state index in [9.17, 15) is 27.6 Å². The maximum atomic E-state index is 13.6. The molecule has 0 radical (unpaired) electrons. The molecule has 2 atom stereocenters. The molecule has 0 aliphatic carbocycles. The Kier molecular flexibility index (Phi) is 9.60. The van der Waals surface area contributed by atoms with Crippen LogP contribution in [0, 0.1) is 12.8 Å². The number of rotatable bonds is 7. The number of nitrogens with two attached hydrogens (primary N) is 1. The van der Waals surface area contributed by atoms with E-state index in [1.807, 2.05) is 13.0 Å². The maximum Gasteiger partial charge on any atom is 0.389 e. The van der Waals surface area contributed by atoms with Gasteiger partial charge in [-0.05, 0) is 25.8 Å². The average molecular weight is 586 g/mol. The predicted molar refractivity (Wildman–Crippen MR) is 147 cm³/mol. The zero-order chi connectivity index (χ0) is 30.3. The fraction of sp³-hybridized carbons (Fsp3) is 0.345. The molecule has 0 saturated heterocycles. The number of anilines is 1. The minimum atomic E-state index is -4.52. The summed E-state index contributed by atoms with van der Waals surface area (Å²) in [6, 6.07) is 16.1. The summed E-state index contributed by atoms with van der Waals surface area (Å²) in [5.41, 5.74) is 8.34. The van der Waals surface area contributed by atoms with E-state index in [1.54, 1.807) is 54.8 Å². The van der Waals surface area contributed by atoms with Crippen molar-refractivity contribution in [2.75, 3.05) is 18.1 Å². The molecule has 0 spiro atoms. The molecule has 5 rings (SSSR count). The third kappa shape index (κ3) is 7.74. The number of nitrogens with zero attached hydrogens (tertiary/aromatic N) is 3. The number of nitrogens with one attached hydrogen (secondary N) is 1. The molecule has 10 nitrogen and oxygen atoms in total. The highest BCUT2D eigenvalue weighted by Gasteiger charge is 2.38. The van der Waals surface area contributed by atoms with Gasteiger partial charge in [0.15, 0.2) is 0 Å². The molecule has 13 heteroatoms. The molecule has 3 heterocycles. The van der Waals surface area contributed by atoms with Gasteiger partial charge in [-0.1, -0.05) is 47.6 Å². The van der Waals surface area contributed by atoms with Crippen LogP contribution in [0.15, 0.2) is 70.4 Å². The lowest BCUT2D eigenvalue weighted by atomic mass is 9.97. The number of amides is 3. The molecule has 1 aromatic heterocycles. The van der Waals surface area contributed by atoms with Gasteiger partial charge in [-0.2, -0.15) is 13.2 Å². The number of carbonyl (C=O) groups is 3. The van der Waals surface area contributed by atoms with E-state index >= 15 is 0 Å². The number of hydrogen-bond acceptors (Lipinski definition) is 7. The van der Waals surface area contributed by atoms with Crippen molar-refractivity contribution in [2.24, 2.45) is 16.6 Å². The molecule has 0 bridgehead atoms. The Bertz CT molecular complexity index is 1430. The van der Waals surface area contributed by atoms with Crippen molar-refractivity contribution in [2.45, 2.75) is 44.9 Å². The molecule has 222 valence electrons. The van der Waals surface area contributed by atoms with E-state index in [0.717, 1.165) is 5.69 Å². The lowest BCUT2D eigenvalue weighted by molar-refractivity contribution is -0.143. The first-order valence-corrected chi connectivity index (χ1v) is 13.3. The minimum Gasteiger partial charge on any atom is -0.491 e. The van der Waals surface area contributed by atoms with Crippen LogP contribution in [-0.2, 0) is 14.4 Å². The zero-order valence-corrected chi connectivity index (χ0v) is 22.8. The quantitative estimate of drug-likeness (QED) is 0.431. The summed E-state index contributed by atoms with van der Waals surface area (Å²) in [6.45, 7) is 2.56. The topological polar surface area (TPSA) is 140 Å². The van der Waals surface area contributed by atoms with Crippen LogP contribution in [0.5, 0.6) is 5.75 Å². The van der Waals surface area contributed by atoms with E-state index in [1.165, 1.54) is 4.90 Å². The van der Waals surface area contributed by atoms with Crippen LogP contribution in [0.2, 0.25) is 0 Å². The largest absolute Gasteiger partial charge is 0.491 e. The molecule has 3 amide bonds. The standard InChI is InChI=1S/C25H25F3N4O4.C4H5NO/c26-25(27,28)11-10-16(14-19(29)33)23(34)31-22-24(35)32-12-5-13-36-18-9-4-8-17(21(18)32)20(30-22)15-6-2-1-3-7-15;1-4-2-3-6-5-4/h1-4,6-9,16,22H,5,10-14H2,(H2,29,33)(H,31,34);2-3H,1H3. The van der Waals surface area contributed by atoms with Crippen molar-refractivity contribution in [1.29, 1.82) is 0 Å². The molecule has 2 aliphatic heterocycles. The highest BCUT2D eigenvalue weighted by molar-refractivity contribution is 6.21. The monoisotopic (exact) mass is 585 g/mol. The summed E-state index contributed by atoms with van der Waals surface area (Å²) in [4.78, 5) is 44.2. The number of para-hydroxylation sites is 1. The zero-order valence-electron chi connectivity index (χ0n) is 22.8. The first-order valence-electron chi connectivity index (χ1n) is 13.3. The number of benzene rings is 2. The van der Waals surface area contributed by atoms with E-state index < -0.39 is 55.2 Å². The van der Waals surface area contributed by atoms with E-state index in [4.69, 9.17) is 10.5 Å². The summed E-state index contributed by atoms with van der Waals surface area (Å²) in [5, 5.41) is 6.02. The summed E-state index contributed by atoms with van der Waals surface area (Å²) in [7, 11) is 0. The lowest BCUT2D eigenvalue weighted by Gasteiger charge is -2.25. The fourth-order valence-electron chi connectivity index (χ4n) is 4.60. The fourth-order valence-corrected chi connectivity index (χ4v) is 4.60. The Hall–Kier alpha value is -4.68. The third-order valence-electron chi connectivity index (χ3n) is 6.55. The van der Waals surface area contributed by atoms with Gasteiger partial charge in [-0.25, -0.2) is 4.99 Å². The van der Waals surface area contributed by atoms with Crippen LogP contribution in [0.1, 0.15) is 42.5 Å². The van der Waals surface area contributed by atoms with Gasteiger partial charge in [0.05, 0.1) is 23.7 Å². The SMILES string of the molecule is Cc1ccon1.NC(=O)CC(CCC(F)(F)F)C(=O)NC1N=C(c2ccccc2)c2cccc3c2N(CCCO3)C1=O. The molecular formula is C29H30F3N5O5. The Labute approximate surface area is 239 Å². The number of aromatic nitrogens is 1. The van der Waals surface area contributed by atoms with E-state index in [0.29, 0.717) is 47.8 Å². The van der Waals surface area contributed by atoms with Crippen molar-refractivity contribution < 1.29 is 36.8 Å². The normalized spacial score (nSPS) is 16.9. The summed E-state index contributed by atoms with van der Waals surface area (Å²) < 4.78 is 48.8. The van der Waals surface area contributed by atoms with Crippen LogP contribution >= 0.6 is 0 Å². The Balaban J connectivity index is 0.000000600. The number of ether oxygens (including phenoxy) is 1. The number of halogens is 3. The van der Waals surface area contributed by atoms with Crippen molar-refractivity contribution >= 4 is 29.1 Å². The van der Waals surface area contributed by atoms with Gasteiger partial charge in [0, 0.05) is 42.5 Å². The number of alkyl halides is 3. The Morgan fingerprint density at radius 2 is 1.90 bits per heavy atom. The molecule has 2 aliphatic rings. The van der Waals surface area contributed by atoms with Crippen LogP contribution in [0.4, 0.5) is 18.9 Å². The Morgan fingerprint density at radius 3 is 2.52 bits per heavy atom. The minimum absolute atomic E-state index is 0.297. The van der Waals surface area contributed by atoms with Gasteiger partial charge in [-0.15, -0.1) is 0 Å². The molecule has 42 heavy (non-hydrogen) atoms.